The number of thiophene rings is 2. The van der Waals surface area contributed by atoms with Gasteiger partial charge in [-0.3, -0.25) is 4.31 Å². The van der Waals surface area contributed by atoms with Crippen molar-refractivity contribution >= 4 is 92.3 Å². The van der Waals surface area contributed by atoms with Crippen LogP contribution in [0.5, 0.6) is 0 Å². The van der Waals surface area contributed by atoms with Gasteiger partial charge in [-0.1, -0.05) is 17.8 Å². The fourth-order valence-corrected chi connectivity index (χ4v) is 5.65. The number of thiol groups is 2. The third-order valence-corrected chi connectivity index (χ3v) is 7.34. The van der Waals surface area contributed by atoms with Gasteiger partial charge in [-0.05, 0) is 53.1 Å². The van der Waals surface area contributed by atoms with Crippen molar-refractivity contribution in [2.75, 3.05) is 4.31 Å². The second-order valence-corrected chi connectivity index (χ2v) is 9.86. The van der Waals surface area contributed by atoms with Crippen molar-refractivity contribution in [2.45, 2.75) is 4.71 Å². The minimum Gasteiger partial charge on any atom is -0.278 e. The van der Waals surface area contributed by atoms with E-state index in [9.17, 15) is 0 Å². The molecule has 3 nitrogen and oxygen atoms in total. The van der Waals surface area contributed by atoms with E-state index in [1.165, 1.54) is 32.9 Å². The highest BCUT2D eigenvalue weighted by Gasteiger charge is 2.13. The van der Waals surface area contributed by atoms with Crippen molar-refractivity contribution in [2.24, 2.45) is 9.98 Å². The number of nitrogens with zero attached hydrogens (tertiary/aromatic N) is 3. The summed E-state index contributed by atoms with van der Waals surface area (Å²) in [4.78, 5) is 10.3. The van der Waals surface area contributed by atoms with Crippen LogP contribution >= 0.6 is 71.6 Å². The summed E-state index contributed by atoms with van der Waals surface area (Å²) in [5, 5.41) is 5.49. The first-order valence-corrected chi connectivity index (χ1v) is 11.2. The maximum Gasteiger partial charge on any atom is 0.146 e. The second kappa shape index (κ2) is 9.21. The lowest BCUT2D eigenvalue weighted by atomic mass is 10.4. The third-order valence-electron chi connectivity index (χ3n) is 2.73. The van der Waals surface area contributed by atoms with Gasteiger partial charge in [0.2, 0.25) is 0 Å². The average molecular weight is 428 g/mol. The molecule has 0 fully saturated rings. The smallest absolute Gasteiger partial charge is 0.146 e. The van der Waals surface area contributed by atoms with Crippen LogP contribution in [0.3, 0.4) is 0 Å². The van der Waals surface area contributed by atoms with Gasteiger partial charge in [0.1, 0.15) is 20.4 Å². The number of hydrogen-bond acceptors (Lipinski definition) is 8. The molecule has 24 heavy (non-hydrogen) atoms. The molecule has 0 saturated carbocycles. The van der Waals surface area contributed by atoms with E-state index >= 15 is 0 Å². The van der Waals surface area contributed by atoms with Gasteiger partial charge < -0.3 is 0 Å². The summed E-state index contributed by atoms with van der Waals surface area (Å²) in [7, 11) is 0. The predicted molar refractivity (Wildman–Crippen MR) is 121 cm³/mol. The minimum atomic E-state index is -0.0139. The Morgan fingerprint density at radius 1 is 1.12 bits per heavy atom. The summed E-state index contributed by atoms with van der Waals surface area (Å²) in [6, 6.07) is 8.47. The van der Waals surface area contributed by atoms with Crippen LogP contribution < -0.4 is 4.31 Å². The van der Waals surface area contributed by atoms with Gasteiger partial charge in [-0.25, -0.2) is 9.98 Å². The summed E-state index contributed by atoms with van der Waals surface area (Å²) >= 11 is 14.8. The van der Waals surface area contributed by atoms with Crippen LogP contribution in [-0.2, 0) is 0 Å². The van der Waals surface area contributed by atoms with Gasteiger partial charge in [-0.2, -0.15) is 0 Å². The summed E-state index contributed by atoms with van der Waals surface area (Å²) in [6.07, 6.45) is 7.84. The van der Waals surface area contributed by atoms with E-state index in [0.29, 0.717) is 0 Å². The molecule has 4 heterocycles. The molecular formula is C15H13N3S6. The topological polar surface area (TPSA) is 28.0 Å². The van der Waals surface area contributed by atoms with Crippen LogP contribution in [0.4, 0.5) is 5.00 Å². The maximum atomic E-state index is 4.06. The van der Waals surface area contributed by atoms with Gasteiger partial charge in [0.25, 0.3) is 0 Å². The number of rotatable bonds is 2. The number of allylic oxidation sites excluding steroid dienone is 2. The molecule has 124 valence electrons. The first-order chi connectivity index (χ1) is 11.7. The highest BCUT2D eigenvalue weighted by molar-refractivity contribution is 8.35. The molecule has 2 aromatic heterocycles. The summed E-state index contributed by atoms with van der Waals surface area (Å²) in [5.74, 6) is 0. The standard InChI is InChI=1S/C12H9NS3.C3H4N2S3/c1-4-11(10-5-2-8-14-10)16-13(7-1)12-6-3-9-15-12;6-2-4-1-5-3(7)8-2/h1-9H;1-2,6H,(H,4,5,7). The van der Waals surface area contributed by atoms with Crippen LogP contribution in [-0.4, -0.2) is 15.4 Å². The highest BCUT2D eigenvalue weighted by Crippen LogP contribution is 2.40. The maximum absolute atomic E-state index is 4.06. The zero-order valence-corrected chi connectivity index (χ0v) is 17.3. The Hall–Kier alpha value is -0.580. The largest absolute Gasteiger partial charge is 0.278 e. The van der Waals surface area contributed by atoms with Crippen molar-refractivity contribution in [1.82, 2.24) is 0 Å². The Morgan fingerprint density at radius 2 is 1.96 bits per heavy atom. The first-order valence-electron chi connectivity index (χ1n) is 6.78. The molecule has 2 aliphatic heterocycles. The van der Waals surface area contributed by atoms with Gasteiger partial charge in [-0.15, -0.1) is 47.9 Å². The van der Waals surface area contributed by atoms with E-state index in [2.05, 4.69) is 92.9 Å². The molecule has 4 rings (SSSR count). The molecule has 1 unspecified atom stereocenters. The molecule has 0 N–H and O–H groups in total. The lowest BCUT2D eigenvalue weighted by Crippen LogP contribution is -2.05. The van der Waals surface area contributed by atoms with Crippen LogP contribution in [0, 0.1) is 0 Å². The van der Waals surface area contributed by atoms with Gasteiger partial charge in [0.15, 0.2) is 0 Å². The zero-order valence-electron chi connectivity index (χ0n) is 12.2. The predicted octanol–water partition coefficient (Wildman–Crippen LogP) is 6.09. The quantitative estimate of drug-likeness (QED) is 0.448. The number of thioether (sulfide) groups is 1. The van der Waals surface area contributed by atoms with Gasteiger partial charge in [0, 0.05) is 16.0 Å². The summed E-state index contributed by atoms with van der Waals surface area (Å²) in [5.41, 5.74) is 0. The number of hydrogen-bond donors (Lipinski definition) is 2. The lowest BCUT2D eigenvalue weighted by Gasteiger charge is -2.20. The fraction of sp³-hybridized carbons (Fsp3) is 0.0667. The van der Waals surface area contributed by atoms with Gasteiger partial charge in [0.05, 0.1) is 0 Å². The normalized spacial score (nSPS) is 19.4. The molecule has 9 heteroatoms. The Bertz CT molecular complexity index is 761. The molecule has 2 aliphatic rings. The molecule has 0 bridgehead atoms. The van der Waals surface area contributed by atoms with E-state index < -0.39 is 0 Å². The SMILES string of the molecule is C1=CN(c2cccs2)SC(c2cccs2)=C1.SC1=NC=NC(S)S1. The Balaban J connectivity index is 0.000000179. The van der Waals surface area contributed by atoms with E-state index in [0.717, 1.165) is 4.38 Å². The van der Waals surface area contributed by atoms with E-state index in [1.54, 1.807) is 34.6 Å². The molecule has 0 radical (unpaired) electrons. The van der Waals surface area contributed by atoms with Crippen molar-refractivity contribution in [3.05, 3.63) is 58.3 Å². The summed E-state index contributed by atoms with van der Waals surface area (Å²) in [6.45, 7) is 0. The van der Waals surface area contributed by atoms with Crippen LogP contribution in [0.2, 0.25) is 0 Å². The molecular weight excluding hydrogens is 415 g/mol. The van der Waals surface area contributed by atoms with Crippen molar-refractivity contribution < 1.29 is 0 Å². The lowest BCUT2D eigenvalue weighted by molar-refractivity contribution is 1.31. The monoisotopic (exact) mass is 427 g/mol. The molecule has 0 amide bonds. The van der Waals surface area contributed by atoms with E-state index in [-0.39, 0.29) is 4.71 Å². The Morgan fingerprint density at radius 3 is 2.58 bits per heavy atom. The van der Waals surface area contributed by atoms with Crippen LogP contribution in [0.15, 0.2) is 63.4 Å². The van der Waals surface area contributed by atoms with Crippen molar-refractivity contribution in [1.29, 1.82) is 0 Å². The third kappa shape index (κ3) is 5.21. The molecule has 0 saturated heterocycles. The molecule has 2 aromatic rings. The van der Waals surface area contributed by atoms with Gasteiger partial charge >= 0.3 is 0 Å². The van der Waals surface area contributed by atoms with Crippen LogP contribution in [0.25, 0.3) is 4.91 Å². The molecule has 1 atom stereocenters. The van der Waals surface area contributed by atoms with Crippen molar-refractivity contribution in [3.63, 3.8) is 0 Å². The zero-order chi connectivity index (χ0) is 16.8. The Labute approximate surface area is 168 Å². The first kappa shape index (κ1) is 18.2. The van der Waals surface area contributed by atoms with Crippen molar-refractivity contribution in [3.8, 4) is 0 Å². The molecule has 0 aliphatic carbocycles. The summed E-state index contributed by atoms with van der Waals surface area (Å²) < 4.78 is 2.92. The average Bonchev–Trinajstić information content (AvgIpc) is 3.29. The number of aliphatic imine (C=N–C) groups is 2. The van der Waals surface area contributed by atoms with E-state index in [4.69, 9.17) is 0 Å². The fourth-order valence-electron chi connectivity index (χ4n) is 1.73. The highest BCUT2D eigenvalue weighted by atomic mass is 32.2. The minimum absolute atomic E-state index is 0.0139. The number of anilines is 1. The molecule has 0 spiro atoms. The second-order valence-electron chi connectivity index (χ2n) is 4.34. The van der Waals surface area contributed by atoms with E-state index in [1.807, 2.05) is 0 Å². The van der Waals surface area contributed by atoms with Crippen LogP contribution in [0.1, 0.15) is 4.88 Å². The Kier molecular flexibility index (Phi) is 6.99. The molecule has 0 aromatic carbocycles.